The molecule has 2 aromatic carbocycles. The Hall–Kier alpha value is -2.81. The van der Waals surface area contributed by atoms with Gasteiger partial charge in [0.05, 0.1) is 15.9 Å². The Kier molecular flexibility index (Phi) is 4.49. The molecule has 0 spiro atoms. The summed E-state index contributed by atoms with van der Waals surface area (Å²) in [5.41, 5.74) is 0.840. The Balaban J connectivity index is 2.27. The van der Waals surface area contributed by atoms with Gasteiger partial charge in [-0.2, -0.15) is 5.26 Å². The van der Waals surface area contributed by atoms with Crippen LogP contribution >= 0.6 is 23.2 Å². The van der Waals surface area contributed by atoms with Crippen molar-refractivity contribution < 1.29 is 5.11 Å². The highest BCUT2D eigenvalue weighted by atomic mass is 35.5. The number of nitrogens with one attached hydrogen (secondary N) is 1. The number of hydrogen-bond acceptors (Lipinski definition) is 4. The zero-order valence-corrected chi connectivity index (χ0v) is 14.5. The maximum Gasteiger partial charge on any atom is 0.259 e. The second kappa shape index (κ2) is 6.60. The highest BCUT2D eigenvalue weighted by Crippen LogP contribution is 2.29. The van der Waals surface area contributed by atoms with Crippen LogP contribution in [0, 0.1) is 18.3 Å². The molecular formula is C18H11Cl2N3O2. The number of H-pyrrole nitrogens is 1. The first-order valence-corrected chi connectivity index (χ1v) is 7.96. The van der Waals surface area contributed by atoms with Crippen molar-refractivity contribution in [3.05, 3.63) is 73.7 Å². The number of allylic oxidation sites excluding steroid dienone is 1. The Morgan fingerprint density at radius 1 is 1.28 bits per heavy atom. The van der Waals surface area contributed by atoms with Crippen molar-refractivity contribution in [1.82, 2.24) is 9.97 Å². The van der Waals surface area contributed by atoms with Crippen molar-refractivity contribution in [3.8, 4) is 6.07 Å². The molecular weight excluding hydrogens is 361 g/mol. The summed E-state index contributed by atoms with van der Waals surface area (Å²) in [4.78, 5) is 19.2. The van der Waals surface area contributed by atoms with Crippen molar-refractivity contribution in [2.75, 3.05) is 0 Å². The third-order valence-corrected chi connectivity index (χ3v) is 4.26. The fraction of sp³-hybridized carbons (Fsp3) is 0.0556. The number of nitriles is 1. The Morgan fingerprint density at radius 2 is 2.04 bits per heavy atom. The molecule has 5 nitrogen and oxygen atoms in total. The molecule has 1 aromatic heterocycles. The van der Waals surface area contributed by atoms with Crippen LogP contribution in [0.3, 0.4) is 0 Å². The lowest BCUT2D eigenvalue weighted by molar-refractivity contribution is 0.514. The monoisotopic (exact) mass is 371 g/mol. The van der Waals surface area contributed by atoms with E-state index in [0.29, 0.717) is 15.9 Å². The zero-order valence-electron chi connectivity index (χ0n) is 13.0. The first kappa shape index (κ1) is 17.0. The van der Waals surface area contributed by atoms with E-state index in [4.69, 9.17) is 23.2 Å². The molecule has 25 heavy (non-hydrogen) atoms. The van der Waals surface area contributed by atoms with Gasteiger partial charge in [-0.3, -0.25) is 4.79 Å². The van der Waals surface area contributed by atoms with Crippen molar-refractivity contribution in [2.45, 2.75) is 6.92 Å². The van der Waals surface area contributed by atoms with Crippen molar-refractivity contribution >= 4 is 45.4 Å². The molecule has 0 saturated heterocycles. The number of fused-ring (bicyclic) bond motifs is 1. The molecule has 0 unspecified atom stereocenters. The van der Waals surface area contributed by atoms with E-state index in [1.165, 1.54) is 18.2 Å². The zero-order chi connectivity index (χ0) is 18.1. The smallest absolute Gasteiger partial charge is 0.259 e. The summed E-state index contributed by atoms with van der Waals surface area (Å²) in [5, 5.41) is 21.0. The van der Waals surface area contributed by atoms with Crippen LogP contribution in [0.2, 0.25) is 10.0 Å². The number of aliphatic hydroxyl groups excluding tert-OH is 1. The van der Waals surface area contributed by atoms with Crippen LogP contribution in [0.1, 0.15) is 17.0 Å². The van der Waals surface area contributed by atoms with Gasteiger partial charge in [0, 0.05) is 10.6 Å². The lowest BCUT2D eigenvalue weighted by Gasteiger charge is -2.08. The maximum atomic E-state index is 12.4. The van der Waals surface area contributed by atoms with Crippen LogP contribution in [0.25, 0.3) is 22.2 Å². The molecule has 0 aliphatic heterocycles. The number of halogens is 2. The molecule has 1 heterocycles. The van der Waals surface area contributed by atoms with Gasteiger partial charge in [-0.05, 0) is 36.8 Å². The maximum absolute atomic E-state index is 12.4. The number of rotatable bonds is 2. The molecule has 0 saturated carbocycles. The molecule has 7 heteroatoms. The summed E-state index contributed by atoms with van der Waals surface area (Å²) < 4.78 is 0. The number of benzene rings is 2. The Morgan fingerprint density at radius 3 is 2.72 bits per heavy atom. The molecule has 2 N–H and O–H groups in total. The minimum Gasteiger partial charge on any atom is -0.506 e. The third-order valence-electron chi connectivity index (χ3n) is 3.71. The van der Waals surface area contributed by atoms with Crippen molar-refractivity contribution in [1.29, 1.82) is 5.26 Å². The van der Waals surface area contributed by atoms with Gasteiger partial charge in [0.25, 0.3) is 5.56 Å². The lowest BCUT2D eigenvalue weighted by atomic mass is 10.1. The second-order valence-corrected chi connectivity index (χ2v) is 6.19. The van der Waals surface area contributed by atoms with E-state index >= 15 is 0 Å². The van der Waals surface area contributed by atoms with E-state index in [1.54, 1.807) is 25.1 Å². The SMILES string of the molecule is Cc1cccc2nc(/C(C#N)=C(\O)c3ccc(Cl)cc3Cl)[nH]c(=O)c12. The summed E-state index contributed by atoms with van der Waals surface area (Å²) in [7, 11) is 0. The predicted octanol–water partition coefficient (Wildman–Crippen LogP) is 4.49. The molecule has 0 aliphatic carbocycles. The van der Waals surface area contributed by atoms with Gasteiger partial charge in [0.2, 0.25) is 0 Å². The van der Waals surface area contributed by atoms with Gasteiger partial charge < -0.3 is 10.1 Å². The standard InChI is InChI=1S/C18H11Cl2N3O2/c1-9-3-2-4-14-15(9)18(25)23-17(22-14)12(8-21)16(24)11-6-5-10(19)7-13(11)20/h2-7,24H,1H3,(H,22,23,25)/b16-12-. The van der Waals surface area contributed by atoms with Gasteiger partial charge in [0.1, 0.15) is 17.4 Å². The molecule has 124 valence electrons. The number of aliphatic hydroxyl groups is 1. The number of hydrogen-bond donors (Lipinski definition) is 2. The summed E-state index contributed by atoms with van der Waals surface area (Å²) >= 11 is 11.9. The topological polar surface area (TPSA) is 89.8 Å². The van der Waals surface area contributed by atoms with E-state index in [1.807, 2.05) is 6.07 Å². The molecule has 0 aliphatic rings. The lowest BCUT2D eigenvalue weighted by Crippen LogP contribution is -2.13. The molecule has 0 radical (unpaired) electrons. The fourth-order valence-corrected chi connectivity index (χ4v) is 3.01. The van der Waals surface area contributed by atoms with E-state index in [-0.39, 0.29) is 33.3 Å². The largest absolute Gasteiger partial charge is 0.506 e. The number of aromatic amines is 1. The highest BCUT2D eigenvalue weighted by Gasteiger charge is 2.17. The van der Waals surface area contributed by atoms with E-state index in [0.717, 1.165) is 5.56 Å². The van der Waals surface area contributed by atoms with Crippen molar-refractivity contribution in [3.63, 3.8) is 0 Å². The Labute approximate surface area is 152 Å². The number of aryl methyl sites for hydroxylation is 1. The van der Waals surface area contributed by atoms with Crippen LogP contribution in [0.15, 0.2) is 41.2 Å². The molecule has 0 atom stereocenters. The quantitative estimate of drug-likeness (QED) is 0.512. The van der Waals surface area contributed by atoms with Gasteiger partial charge in [-0.25, -0.2) is 4.98 Å². The van der Waals surface area contributed by atoms with E-state index < -0.39 is 0 Å². The predicted molar refractivity (Wildman–Crippen MR) is 98.6 cm³/mol. The van der Waals surface area contributed by atoms with Crippen LogP contribution in [0.5, 0.6) is 0 Å². The minimum atomic E-state index is -0.390. The van der Waals surface area contributed by atoms with Gasteiger partial charge in [0.15, 0.2) is 5.82 Å². The Bertz CT molecular complexity index is 1130. The molecule has 3 rings (SSSR count). The first-order chi connectivity index (χ1) is 11.9. The summed E-state index contributed by atoms with van der Waals surface area (Å²) in [6, 6.07) is 11.6. The van der Waals surface area contributed by atoms with Gasteiger partial charge >= 0.3 is 0 Å². The van der Waals surface area contributed by atoms with Gasteiger partial charge in [-0.1, -0.05) is 35.3 Å². The highest BCUT2D eigenvalue weighted by molar-refractivity contribution is 6.35. The summed E-state index contributed by atoms with van der Waals surface area (Å²) in [5.74, 6) is -0.423. The van der Waals surface area contributed by atoms with Crippen LogP contribution in [0.4, 0.5) is 0 Å². The van der Waals surface area contributed by atoms with Crippen LogP contribution < -0.4 is 5.56 Å². The second-order valence-electron chi connectivity index (χ2n) is 5.34. The molecule has 0 fully saturated rings. The van der Waals surface area contributed by atoms with Crippen LogP contribution in [-0.2, 0) is 0 Å². The summed E-state index contributed by atoms with van der Waals surface area (Å²) in [6.45, 7) is 1.80. The average molecular weight is 372 g/mol. The van der Waals surface area contributed by atoms with Crippen molar-refractivity contribution in [2.24, 2.45) is 0 Å². The number of nitrogens with zero attached hydrogens (tertiary/aromatic N) is 2. The fourth-order valence-electron chi connectivity index (χ4n) is 2.51. The minimum absolute atomic E-state index is 0.0332. The molecule has 0 bridgehead atoms. The first-order valence-electron chi connectivity index (χ1n) is 7.21. The van der Waals surface area contributed by atoms with E-state index in [9.17, 15) is 15.2 Å². The third kappa shape index (κ3) is 3.10. The van der Waals surface area contributed by atoms with E-state index in [2.05, 4.69) is 9.97 Å². The van der Waals surface area contributed by atoms with Gasteiger partial charge in [-0.15, -0.1) is 0 Å². The average Bonchev–Trinajstić information content (AvgIpc) is 2.55. The number of aromatic nitrogens is 2. The summed E-state index contributed by atoms with van der Waals surface area (Å²) in [6.07, 6.45) is 0. The normalized spacial score (nSPS) is 11.9. The van der Waals surface area contributed by atoms with Crippen LogP contribution in [-0.4, -0.2) is 15.1 Å². The molecule has 3 aromatic rings. The molecule has 0 amide bonds.